The van der Waals surface area contributed by atoms with Crippen LogP contribution in [0.4, 0.5) is 4.39 Å². The molecule has 1 fully saturated rings. The van der Waals surface area contributed by atoms with Crippen molar-refractivity contribution in [1.29, 1.82) is 0 Å². The van der Waals surface area contributed by atoms with Crippen LogP contribution in [0, 0.1) is 11.7 Å². The van der Waals surface area contributed by atoms with E-state index in [1.807, 2.05) is 0 Å². The van der Waals surface area contributed by atoms with Gasteiger partial charge in [0.15, 0.2) is 11.5 Å². The number of aromatic carboxylic acids is 1. The Morgan fingerprint density at radius 3 is 3.11 bits per heavy atom. The van der Waals surface area contributed by atoms with Gasteiger partial charge in [-0.05, 0) is 24.8 Å². The third-order valence-corrected chi connectivity index (χ3v) is 3.95. The van der Waals surface area contributed by atoms with Crippen LogP contribution in [0.2, 0.25) is 0 Å². The largest absolute Gasteiger partial charge is 0.476 e. The fraction of sp³-hybridized carbons (Fsp3) is 0.308. The molecule has 0 spiro atoms. The van der Waals surface area contributed by atoms with Crippen LogP contribution in [-0.4, -0.2) is 25.8 Å². The molecule has 2 atom stereocenters. The fourth-order valence-corrected chi connectivity index (χ4v) is 3.01. The van der Waals surface area contributed by atoms with Crippen LogP contribution < -0.4 is 0 Å². The molecule has 0 bridgehead atoms. The minimum Gasteiger partial charge on any atom is -0.476 e. The van der Waals surface area contributed by atoms with E-state index >= 15 is 0 Å². The molecule has 0 aliphatic heterocycles. The average Bonchev–Trinajstić information content (AvgIpc) is 2.89. The number of hydrogen-bond donors (Lipinski definition) is 1. The second kappa shape index (κ2) is 3.40. The van der Waals surface area contributed by atoms with Crippen molar-refractivity contribution in [2.75, 3.05) is 0 Å². The first-order valence-electron chi connectivity index (χ1n) is 6.11. The number of fused-ring (bicyclic) bond motifs is 3. The van der Waals surface area contributed by atoms with E-state index < -0.39 is 11.8 Å². The number of carboxylic acid groups (broad SMARTS) is 1. The average molecular weight is 259 g/mol. The molecule has 2 aromatic heterocycles. The van der Waals surface area contributed by atoms with Gasteiger partial charge in [0.1, 0.15) is 5.69 Å². The van der Waals surface area contributed by atoms with E-state index in [-0.39, 0.29) is 11.4 Å². The van der Waals surface area contributed by atoms with Gasteiger partial charge in [-0.2, -0.15) is 5.10 Å². The third-order valence-electron chi connectivity index (χ3n) is 3.95. The fourth-order valence-electron chi connectivity index (χ4n) is 3.01. The van der Waals surface area contributed by atoms with Crippen LogP contribution in [0.15, 0.2) is 18.5 Å². The van der Waals surface area contributed by atoms with E-state index in [2.05, 4.69) is 10.1 Å². The Morgan fingerprint density at radius 2 is 2.37 bits per heavy atom. The SMILES string of the molecule is O=C(O)c1nn(-c2ccncc2F)c2c1C[C@H]1C[C@@H]21. The maximum Gasteiger partial charge on any atom is 0.356 e. The lowest BCUT2D eigenvalue weighted by molar-refractivity contribution is 0.0688. The molecular weight excluding hydrogens is 249 g/mol. The zero-order chi connectivity index (χ0) is 13.1. The van der Waals surface area contributed by atoms with Crippen molar-refractivity contribution in [2.24, 2.45) is 5.92 Å². The van der Waals surface area contributed by atoms with Crippen LogP contribution in [-0.2, 0) is 6.42 Å². The van der Waals surface area contributed by atoms with Crippen molar-refractivity contribution in [1.82, 2.24) is 14.8 Å². The summed E-state index contributed by atoms with van der Waals surface area (Å²) >= 11 is 0. The molecule has 19 heavy (non-hydrogen) atoms. The normalized spacial score (nSPS) is 23.0. The summed E-state index contributed by atoms with van der Waals surface area (Å²) in [6.45, 7) is 0. The number of nitrogens with zero attached hydrogens (tertiary/aromatic N) is 3. The molecule has 6 heteroatoms. The topological polar surface area (TPSA) is 68.0 Å². The van der Waals surface area contributed by atoms with E-state index in [4.69, 9.17) is 0 Å². The molecule has 96 valence electrons. The summed E-state index contributed by atoms with van der Waals surface area (Å²) in [5, 5.41) is 13.3. The molecule has 1 saturated carbocycles. The maximum atomic E-state index is 13.8. The quantitative estimate of drug-likeness (QED) is 0.892. The lowest BCUT2D eigenvalue weighted by Gasteiger charge is -2.06. The molecular formula is C13H10FN3O2. The molecule has 0 unspecified atom stereocenters. The van der Waals surface area contributed by atoms with Crippen LogP contribution in [0.25, 0.3) is 5.69 Å². The van der Waals surface area contributed by atoms with E-state index in [9.17, 15) is 14.3 Å². The predicted molar refractivity (Wildman–Crippen MR) is 62.8 cm³/mol. The molecule has 0 aromatic carbocycles. The summed E-state index contributed by atoms with van der Waals surface area (Å²) in [4.78, 5) is 14.9. The molecule has 0 saturated heterocycles. The van der Waals surface area contributed by atoms with Crippen molar-refractivity contribution < 1.29 is 14.3 Å². The van der Waals surface area contributed by atoms with Gasteiger partial charge in [-0.1, -0.05) is 0 Å². The van der Waals surface area contributed by atoms with E-state index in [0.29, 0.717) is 11.8 Å². The Kier molecular flexibility index (Phi) is 1.91. The molecule has 2 aromatic rings. The summed E-state index contributed by atoms with van der Waals surface area (Å²) in [5.74, 6) is -0.690. The standard InChI is InChI=1S/C13H10FN3O2/c14-9-5-15-2-1-10(9)17-12-7-3-6(7)4-8(12)11(16-17)13(18)19/h1-2,5-7H,3-4H2,(H,18,19)/t6-,7-/m1/s1. The first kappa shape index (κ1) is 10.7. The van der Waals surface area contributed by atoms with Gasteiger partial charge in [-0.3, -0.25) is 4.98 Å². The van der Waals surface area contributed by atoms with Gasteiger partial charge in [0.25, 0.3) is 0 Å². The monoisotopic (exact) mass is 259 g/mol. The Balaban J connectivity index is 1.97. The van der Waals surface area contributed by atoms with Gasteiger partial charge in [-0.15, -0.1) is 0 Å². The minimum atomic E-state index is -1.05. The Morgan fingerprint density at radius 1 is 1.53 bits per heavy atom. The van der Waals surface area contributed by atoms with Gasteiger partial charge in [0.2, 0.25) is 0 Å². The van der Waals surface area contributed by atoms with E-state index in [1.54, 1.807) is 0 Å². The third kappa shape index (κ3) is 1.36. The van der Waals surface area contributed by atoms with Crippen LogP contribution >= 0.6 is 0 Å². The number of aromatic nitrogens is 3. The molecule has 2 aliphatic carbocycles. The molecule has 1 N–H and O–H groups in total. The summed E-state index contributed by atoms with van der Waals surface area (Å²) in [5.41, 5.74) is 1.96. The van der Waals surface area contributed by atoms with Crippen molar-refractivity contribution in [2.45, 2.75) is 18.8 Å². The number of carbonyl (C=O) groups is 1. The Hall–Kier alpha value is -2.24. The Labute approximate surface area is 107 Å². The number of carboxylic acids is 1. The highest BCUT2D eigenvalue weighted by molar-refractivity contribution is 5.88. The second-order valence-corrected chi connectivity index (χ2v) is 5.06. The number of halogens is 1. The molecule has 2 aliphatic rings. The first-order valence-corrected chi connectivity index (χ1v) is 6.11. The zero-order valence-corrected chi connectivity index (χ0v) is 9.88. The van der Waals surface area contributed by atoms with Gasteiger partial charge in [-0.25, -0.2) is 13.9 Å². The van der Waals surface area contributed by atoms with Gasteiger partial charge in [0, 0.05) is 17.7 Å². The molecule has 0 amide bonds. The van der Waals surface area contributed by atoms with Crippen molar-refractivity contribution in [3.8, 4) is 5.69 Å². The molecule has 0 radical (unpaired) electrons. The van der Waals surface area contributed by atoms with Gasteiger partial charge in [0.05, 0.1) is 11.9 Å². The van der Waals surface area contributed by atoms with Crippen molar-refractivity contribution >= 4 is 5.97 Å². The van der Waals surface area contributed by atoms with E-state index in [1.165, 1.54) is 16.9 Å². The van der Waals surface area contributed by atoms with Crippen molar-refractivity contribution in [3.63, 3.8) is 0 Å². The van der Waals surface area contributed by atoms with Crippen LogP contribution in [0.3, 0.4) is 0 Å². The lowest BCUT2D eigenvalue weighted by Crippen LogP contribution is -2.06. The van der Waals surface area contributed by atoms with Crippen molar-refractivity contribution in [3.05, 3.63) is 41.2 Å². The molecule has 4 rings (SSSR count). The highest BCUT2D eigenvalue weighted by atomic mass is 19.1. The Bertz CT molecular complexity index is 710. The molecule has 2 heterocycles. The summed E-state index contributed by atoms with van der Waals surface area (Å²) in [6, 6.07) is 1.52. The second-order valence-electron chi connectivity index (χ2n) is 5.06. The molecule has 5 nitrogen and oxygen atoms in total. The summed E-state index contributed by atoms with van der Waals surface area (Å²) < 4.78 is 15.3. The van der Waals surface area contributed by atoms with Gasteiger partial charge < -0.3 is 5.11 Å². The maximum absolute atomic E-state index is 13.8. The highest BCUT2D eigenvalue weighted by Crippen LogP contribution is 2.57. The number of hydrogen-bond acceptors (Lipinski definition) is 3. The number of pyridine rings is 1. The first-order chi connectivity index (χ1) is 9.16. The van der Waals surface area contributed by atoms with E-state index in [0.717, 1.165) is 30.3 Å². The highest BCUT2D eigenvalue weighted by Gasteiger charge is 2.50. The predicted octanol–water partition coefficient (Wildman–Crippen LogP) is 1.76. The summed E-state index contributed by atoms with van der Waals surface area (Å²) in [6.07, 6.45) is 4.38. The lowest BCUT2D eigenvalue weighted by atomic mass is 10.1. The minimum absolute atomic E-state index is 0.0541. The summed E-state index contributed by atoms with van der Waals surface area (Å²) in [7, 11) is 0. The van der Waals surface area contributed by atoms with Crippen LogP contribution in [0.5, 0.6) is 0 Å². The van der Waals surface area contributed by atoms with Gasteiger partial charge >= 0.3 is 5.97 Å². The number of rotatable bonds is 2. The zero-order valence-electron chi connectivity index (χ0n) is 9.88. The van der Waals surface area contributed by atoms with Crippen LogP contribution in [0.1, 0.15) is 34.1 Å². The smallest absolute Gasteiger partial charge is 0.356 e.